The Morgan fingerprint density at radius 2 is 1.84 bits per heavy atom. The molecule has 0 bridgehead atoms. The molecule has 1 N–H and O–H groups in total. The molecule has 0 saturated heterocycles. The average molecular weight is 280 g/mol. The zero-order chi connectivity index (χ0) is 13.2. The molecule has 2 fully saturated rings. The van der Waals surface area contributed by atoms with E-state index in [9.17, 15) is 5.11 Å². The van der Waals surface area contributed by atoms with E-state index in [1.54, 1.807) is 11.3 Å². The monoisotopic (exact) mass is 280 g/mol. The molecule has 0 atom stereocenters. The van der Waals surface area contributed by atoms with Crippen LogP contribution in [0, 0.1) is 0 Å². The minimum Gasteiger partial charge on any atom is -0.391 e. The Labute approximate surface area is 119 Å². The number of hydrogen-bond acceptors (Lipinski definition) is 4. The highest BCUT2D eigenvalue weighted by Gasteiger charge is 2.30. The predicted molar refractivity (Wildman–Crippen MR) is 79.9 cm³/mol. The lowest BCUT2D eigenvalue weighted by molar-refractivity contribution is 0.284. The molecule has 0 spiro atoms. The first kappa shape index (κ1) is 13.4. The van der Waals surface area contributed by atoms with Crippen LogP contribution in [0.2, 0.25) is 0 Å². The van der Waals surface area contributed by atoms with Gasteiger partial charge in [0.05, 0.1) is 17.2 Å². The maximum absolute atomic E-state index is 9.50. The van der Waals surface area contributed by atoms with Crippen LogP contribution in [0.15, 0.2) is 0 Å². The van der Waals surface area contributed by atoms with E-state index in [4.69, 9.17) is 4.98 Å². The molecule has 19 heavy (non-hydrogen) atoms. The van der Waals surface area contributed by atoms with E-state index >= 15 is 0 Å². The predicted octanol–water partition coefficient (Wildman–Crippen LogP) is 3.67. The number of aliphatic hydroxyl groups excluding tert-OH is 1. The van der Waals surface area contributed by atoms with Crippen molar-refractivity contribution in [3.63, 3.8) is 0 Å². The summed E-state index contributed by atoms with van der Waals surface area (Å²) in [5.74, 6) is 0.634. The van der Waals surface area contributed by atoms with E-state index in [-0.39, 0.29) is 6.61 Å². The van der Waals surface area contributed by atoms with Gasteiger partial charge in [0.2, 0.25) is 0 Å². The van der Waals surface area contributed by atoms with Crippen LogP contribution < -0.4 is 4.90 Å². The van der Waals surface area contributed by atoms with Crippen molar-refractivity contribution in [2.24, 2.45) is 0 Å². The number of thiazole rings is 1. The summed E-state index contributed by atoms with van der Waals surface area (Å²) in [6.45, 7) is 0.155. The second kappa shape index (κ2) is 5.80. The van der Waals surface area contributed by atoms with E-state index in [1.165, 1.54) is 57.1 Å². The topological polar surface area (TPSA) is 36.4 Å². The number of nitrogens with zero attached hydrogens (tertiary/aromatic N) is 2. The van der Waals surface area contributed by atoms with Gasteiger partial charge in [-0.15, -0.1) is 0 Å². The molecular weight excluding hydrogens is 256 g/mol. The fourth-order valence-corrected chi connectivity index (χ4v) is 4.13. The summed E-state index contributed by atoms with van der Waals surface area (Å²) in [6.07, 6.45) is 10.6. The molecule has 4 heteroatoms. The lowest BCUT2D eigenvalue weighted by Gasteiger charge is -2.26. The highest BCUT2D eigenvalue weighted by molar-refractivity contribution is 7.15. The van der Waals surface area contributed by atoms with Gasteiger partial charge < -0.3 is 10.0 Å². The maximum atomic E-state index is 9.50. The minimum absolute atomic E-state index is 0.155. The maximum Gasteiger partial charge on any atom is 0.185 e. The average Bonchev–Trinajstić information content (AvgIpc) is 3.22. The number of aliphatic hydroxyl groups is 1. The first-order valence-corrected chi connectivity index (χ1v) is 8.44. The molecule has 3 nitrogen and oxygen atoms in total. The van der Waals surface area contributed by atoms with Gasteiger partial charge in [0.25, 0.3) is 0 Å². The van der Waals surface area contributed by atoms with Crippen molar-refractivity contribution < 1.29 is 5.11 Å². The molecule has 2 aliphatic carbocycles. The first-order chi connectivity index (χ1) is 9.29. The Hall–Kier alpha value is -0.610. The third kappa shape index (κ3) is 2.95. The van der Waals surface area contributed by atoms with Crippen molar-refractivity contribution in [1.82, 2.24) is 4.98 Å². The summed E-state index contributed by atoms with van der Waals surface area (Å²) >= 11 is 1.70. The van der Waals surface area contributed by atoms with Crippen LogP contribution in [0.3, 0.4) is 0 Å². The number of hydrogen-bond donors (Lipinski definition) is 1. The second-order valence-corrected chi connectivity index (χ2v) is 7.06. The van der Waals surface area contributed by atoms with Crippen LogP contribution in [0.5, 0.6) is 0 Å². The van der Waals surface area contributed by atoms with Gasteiger partial charge in [0.1, 0.15) is 0 Å². The highest BCUT2D eigenvalue weighted by atomic mass is 32.1. The van der Waals surface area contributed by atoms with E-state index in [0.717, 1.165) is 10.0 Å². The highest BCUT2D eigenvalue weighted by Crippen LogP contribution is 2.44. The van der Waals surface area contributed by atoms with Crippen molar-refractivity contribution in [2.75, 3.05) is 11.9 Å². The van der Waals surface area contributed by atoms with Gasteiger partial charge in [-0.1, -0.05) is 37.0 Å². The standard InChI is InChI=1S/C15H24N2OS/c1-17(12-6-4-2-3-5-7-12)15-16-14(11-8-9-11)13(10-18)19-15/h11-12,18H,2-10H2,1H3. The fraction of sp³-hybridized carbons (Fsp3) is 0.800. The molecule has 2 aliphatic rings. The molecule has 0 aromatic carbocycles. The quantitative estimate of drug-likeness (QED) is 0.855. The largest absolute Gasteiger partial charge is 0.391 e. The van der Waals surface area contributed by atoms with Crippen molar-refractivity contribution >= 4 is 16.5 Å². The molecule has 3 rings (SSSR count). The first-order valence-electron chi connectivity index (χ1n) is 7.63. The summed E-state index contributed by atoms with van der Waals surface area (Å²) in [5, 5.41) is 10.6. The second-order valence-electron chi connectivity index (χ2n) is 5.99. The Morgan fingerprint density at radius 3 is 2.42 bits per heavy atom. The number of aromatic nitrogens is 1. The third-order valence-electron chi connectivity index (χ3n) is 4.50. The van der Waals surface area contributed by atoms with E-state index in [0.29, 0.717) is 12.0 Å². The van der Waals surface area contributed by atoms with E-state index in [2.05, 4.69) is 11.9 Å². The molecule has 0 aliphatic heterocycles. The summed E-state index contributed by atoms with van der Waals surface area (Å²) in [6, 6.07) is 0.646. The minimum atomic E-state index is 0.155. The van der Waals surface area contributed by atoms with Gasteiger partial charge in [-0.3, -0.25) is 0 Å². The molecule has 1 aromatic rings. The number of anilines is 1. The van der Waals surface area contributed by atoms with Crippen molar-refractivity contribution in [1.29, 1.82) is 0 Å². The third-order valence-corrected chi connectivity index (χ3v) is 5.64. The van der Waals surface area contributed by atoms with Gasteiger partial charge in [0, 0.05) is 19.0 Å². The Kier molecular flexibility index (Phi) is 4.08. The van der Waals surface area contributed by atoms with Gasteiger partial charge >= 0.3 is 0 Å². The molecular formula is C15H24N2OS. The molecule has 0 radical (unpaired) electrons. The van der Waals surface area contributed by atoms with E-state index < -0.39 is 0 Å². The molecule has 2 saturated carbocycles. The van der Waals surface area contributed by atoms with Crippen molar-refractivity contribution in [3.8, 4) is 0 Å². The smallest absolute Gasteiger partial charge is 0.185 e. The lowest BCUT2D eigenvalue weighted by atomic mass is 10.1. The molecule has 0 amide bonds. The van der Waals surface area contributed by atoms with Crippen LogP contribution >= 0.6 is 11.3 Å². The van der Waals surface area contributed by atoms with Crippen molar-refractivity contribution in [3.05, 3.63) is 10.6 Å². The lowest BCUT2D eigenvalue weighted by Crippen LogP contribution is -2.30. The zero-order valence-corrected chi connectivity index (χ0v) is 12.6. The SMILES string of the molecule is CN(c1nc(C2CC2)c(CO)s1)C1CCCCCC1. The molecule has 106 valence electrons. The fourth-order valence-electron chi connectivity index (χ4n) is 3.09. The summed E-state index contributed by atoms with van der Waals surface area (Å²) in [7, 11) is 2.19. The van der Waals surface area contributed by atoms with Gasteiger partial charge in [-0.2, -0.15) is 0 Å². The van der Waals surface area contributed by atoms with Crippen LogP contribution in [0.4, 0.5) is 5.13 Å². The Morgan fingerprint density at radius 1 is 1.16 bits per heavy atom. The van der Waals surface area contributed by atoms with Crippen LogP contribution in [-0.2, 0) is 6.61 Å². The summed E-state index contributed by atoms with van der Waals surface area (Å²) in [5.41, 5.74) is 1.18. The number of rotatable bonds is 4. The zero-order valence-electron chi connectivity index (χ0n) is 11.8. The molecule has 1 heterocycles. The van der Waals surface area contributed by atoms with Gasteiger partial charge in [0.15, 0.2) is 5.13 Å². The van der Waals surface area contributed by atoms with Crippen LogP contribution in [0.1, 0.15) is 67.9 Å². The Bertz CT molecular complexity index is 420. The van der Waals surface area contributed by atoms with Gasteiger partial charge in [-0.05, 0) is 25.7 Å². The Balaban J connectivity index is 1.76. The van der Waals surface area contributed by atoms with Crippen molar-refractivity contribution in [2.45, 2.75) is 69.9 Å². The van der Waals surface area contributed by atoms with Crippen LogP contribution in [0.25, 0.3) is 0 Å². The van der Waals surface area contributed by atoms with Gasteiger partial charge in [-0.25, -0.2) is 4.98 Å². The normalized spacial score (nSPS) is 21.4. The summed E-state index contributed by atoms with van der Waals surface area (Å²) < 4.78 is 0. The molecule has 1 aromatic heterocycles. The summed E-state index contributed by atoms with van der Waals surface area (Å²) in [4.78, 5) is 8.30. The van der Waals surface area contributed by atoms with E-state index in [1.807, 2.05) is 0 Å². The molecule has 0 unspecified atom stereocenters. The van der Waals surface area contributed by atoms with Crippen LogP contribution in [-0.4, -0.2) is 23.2 Å².